The second-order valence-electron chi connectivity index (χ2n) is 8.19. The van der Waals surface area contributed by atoms with Gasteiger partial charge in [0.25, 0.3) is 0 Å². The number of phenols is 1. The largest absolute Gasteiger partial charge is 0.508 e. The van der Waals surface area contributed by atoms with Crippen molar-refractivity contribution in [2.45, 2.75) is 56.7 Å². The number of alkyl halides is 1. The normalized spacial score (nSPS) is 45.0. The van der Waals surface area contributed by atoms with Crippen LogP contribution in [-0.2, 0) is 11.8 Å². The van der Waals surface area contributed by atoms with E-state index in [4.69, 9.17) is 0 Å². The minimum Gasteiger partial charge on any atom is -0.508 e. The number of fused-ring (bicyclic) bond motifs is 5. The fourth-order valence-electron chi connectivity index (χ4n) is 6.01. The molecule has 0 unspecified atom stereocenters. The molecule has 3 aliphatic rings. The molecule has 0 amide bonds. The van der Waals surface area contributed by atoms with Crippen LogP contribution < -0.4 is 0 Å². The van der Waals surface area contributed by atoms with Gasteiger partial charge in [-0.3, -0.25) is 0 Å². The second kappa shape index (κ2) is 4.83. The Kier molecular flexibility index (Phi) is 3.19. The molecule has 2 saturated carbocycles. The molecule has 0 heterocycles. The van der Waals surface area contributed by atoms with Crippen molar-refractivity contribution in [1.29, 1.82) is 0 Å². The van der Waals surface area contributed by atoms with Gasteiger partial charge in [0.1, 0.15) is 11.9 Å². The molecule has 3 heteroatoms. The number of phenolic OH excluding ortho intramolecular Hbond substituents is 1. The van der Waals surface area contributed by atoms with Crippen LogP contribution in [0.25, 0.3) is 0 Å². The number of halogens is 1. The lowest BCUT2D eigenvalue weighted by Gasteiger charge is -2.56. The summed E-state index contributed by atoms with van der Waals surface area (Å²) in [5, 5.41) is 20.0. The molecule has 2 fully saturated rings. The number of aliphatic hydroxyl groups is 1. The molecule has 0 aromatic heterocycles. The van der Waals surface area contributed by atoms with E-state index >= 15 is 4.39 Å². The van der Waals surface area contributed by atoms with Gasteiger partial charge in [0.2, 0.25) is 0 Å². The zero-order valence-electron chi connectivity index (χ0n) is 13.6. The van der Waals surface area contributed by atoms with Crippen LogP contribution >= 0.6 is 0 Å². The Labute approximate surface area is 137 Å². The van der Waals surface area contributed by atoms with Gasteiger partial charge in [0.05, 0.1) is 6.10 Å². The van der Waals surface area contributed by atoms with E-state index in [9.17, 15) is 10.2 Å². The van der Waals surface area contributed by atoms with Gasteiger partial charge >= 0.3 is 0 Å². The molecule has 3 aliphatic carbocycles. The van der Waals surface area contributed by atoms with Crippen molar-refractivity contribution in [3.8, 4) is 5.75 Å². The Bertz CT molecular complexity index is 657. The first-order chi connectivity index (χ1) is 10.9. The van der Waals surface area contributed by atoms with Crippen molar-refractivity contribution in [3.05, 3.63) is 42.0 Å². The van der Waals surface area contributed by atoms with Gasteiger partial charge in [-0.05, 0) is 60.3 Å². The number of aliphatic hydroxyl groups excluding tert-OH is 1. The highest BCUT2D eigenvalue weighted by atomic mass is 19.1. The summed E-state index contributed by atoms with van der Waals surface area (Å²) in [5.41, 5.74) is 1.72. The highest BCUT2D eigenvalue weighted by Crippen LogP contribution is 2.64. The molecule has 0 spiro atoms. The van der Waals surface area contributed by atoms with Gasteiger partial charge in [-0.25, -0.2) is 4.39 Å². The highest BCUT2D eigenvalue weighted by molar-refractivity contribution is 5.47. The van der Waals surface area contributed by atoms with Crippen molar-refractivity contribution < 1.29 is 14.6 Å². The van der Waals surface area contributed by atoms with Gasteiger partial charge in [-0.15, -0.1) is 6.58 Å². The Balaban J connectivity index is 1.87. The molecular weight excluding hydrogens is 291 g/mol. The van der Waals surface area contributed by atoms with Gasteiger partial charge in [0.15, 0.2) is 0 Å². The van der Waals surface area contributed by atoms with E-state index in [0.29, 0.717) is 12.8 Å². The molecule has 1 aromatic carbocycles. The van der Waals surface area contributed by atoms with Crippen LogP contribution in [0.2, 0.25) is 0 Å². The molecule has 0 aliphatic heterocycles. The second-order valence-corrected chi connectivity index (χ2v) is 8.19. The summed E-state index contributed by atoms with van der Waals surface area (Å²) in [6.07, 6.45) is 4.40. The number of allylic oxidation sites excluding steroid dienone is 1. The number of aromatic hydroxyl groups is 1. The Hall–Kier alpha value is -1.35. The summed E-state index contributed by atoms with van der Waals surface area (Å²) < 4.78 is 15.3. The predicted octanol–water partition coefficient (Wildman–Crippen LogP) is 3.90. The van der Waals surface area contributed by atoms with Crippen LogP contribution in [0.3, 0.4) is 0 Å². The molecule has 4 rings (SSSR count). The van der Waals surface area contributed by atoms with Crippen LogP contribution in [0, 0.1) is 17.3 Å². The average Bonchev–Trinajstić information content (AvgIpc) is 2.80. The van der Waals surface area contributed by atoms with Gasteiger partial charge in [-0.2, -0.15) is 0 Å². The third-order valence-electron chi connectivity index (χ3n) is 7.02. The highest BCUT2D eigenvalue weighted by Gasteiger charge is 2.60. The smallest absolute Gasteiger partial charge is 0.115 e. The lowest BCUT2D eigenvalue weighted by atomic mass is 9.48. The SMILES string of the molecule is C=C[C@]12CC[C@]3(C)C[C@H](O)C[C@H]3[C@@H]1[C@H](F)Cc1cc(O)ccc12. The summed E-state index contributed by atoms with van der Waals surface area (Å²) in [6.45, 7) is 6.30. The maximum Gasteiger partial charge on any atom is 0.115 e. The maximum absolute atomic E-state index is 15.3. The van der Waals surface area contributed by atoms with Crippen LogP contribution in [0.15, 0.2) is 30.9 Å². The summed E-state index contributed by atoms with van der Waals surface area (Å²) in [4.78, 5) is 0. The van der Waals surface area contributed by atoms with Crippen molar-refractivity contribution in [3.63, 3.8) is 0 Å². The minimum absolute atomic E-state index is 0.0371. The fourth-order valence-corrected chi connectivity index (χ4v) is 6.01. The van der Waals surface area contributed by atoms with E-state index < -0.39 is 6.17 Å². The van der Waals surface area contributed by atoms with Crippen molar-refractivity contribution in [1.82, 2.24) is 0 Å². The monoisotopic (exact) mass is 316 g/mol. The van der Waals surface area contributed by atoms with Crippen LogP contribution in [0.4, 0.5) is 4.39 Å². The van der Waals surface area contributed by atoms with Crippen LogP contribution in [-0.4, -0.2) is 22.5 Å². The van der Waals surface area contributed by atoms with E-state index in [2.05, 4.69) is 13.5 Å². The summed E-state index contributed by atoms with van der Waals surface area (Å²) in [5.74, 6) is 0.277. The minimum atomic E-state index is -0.947. The predicted molar refractivity (Wildman–Crippen MR) is 88.1 cm³/mol. The average molecular weight is 316 g/mol. The van der Waals surface area contributed by atoms with E-state index in [1.807, 2.05) is 12.1 Å². The summed E-state index contributed by atoms with van der Waals surface area (Å²) >= 11 is 0. The van der Waals surface area contributed by atoms with Crippen molar-refractivity contribution in [2.75, 3.05) is 0 Å². The Morgan fingerprint density at radius 1 is 1.35 bits per heavy atom. The maximum atomic E-state index is 15.3. The van der Waals surface area contributed by atoms with Gasteiger partial charge < -0.3 is 10.2 Å². The first-order valence-corrected chi connectivity index (χ1v) is 8.68. The van der Waals surface area contributed by atoms with Crippen LogP contribution in [0.5, 0.6) is 5.75 Å². The van der Waals surface area contributed by atoms with E-state index in [1.54, 1.807) is 12.1 Å². The molecule has 124 valence electrons. The first-order valence-electron chi connectivity index (χ1n) is 8.68. The topological polar surface area (TPSA) is 40.5 Å². The Morgan fingerprint density at radius 3 is 2.87 bits per heavy atom. The number of hydrogen-bond acceptors (Lipinski definition) is 2. The zero-order valence-corrected chi connectivity index (χ0v) is 13.6. The summed E-state index contributed by atoms with van der Waals surface area (Å²) in [7, 11) is 0. The molecule has 2 N–H and O–H groups in total. The number of rotatable bonds is 1. The number of hydrogen-bond donors (Lipinski definition) is 2. The molecule has 6 atom stereocenters. The quantitative estimate of drug-likeness (QED) is 0.772. The molecule has 1 aromatic rings. The van der Waals surface area contributed by atoms with Crippen molar-refractivity contribution in [2.24, 2.45) is 17.3 Å². The lowest BCUT2D eigenvalue weighted by molar-refractivity contribution is -0.0176. The third-order valence-corrected chi connectivity index (χ3v) is 7.02. The zero-order chi connectivity index (χ0) is 16.4. The van der Waals surface area contributed by atoms with Crippen LogP contribution in [0.1, 0.15) is 43.7 Å². The third kappa shape index (κ3) is 1.95. The molecule has 2 nitrogen and oxygen atoms in total. The van der Waals surface area contributed by atoms with E-state index in [1.165, 1.54) is 0 Å². The molecule has 0 radical (unpaired) electrons. The molecule has 23 heavy (non-hydrogen) atoms. The molecule has 0 bridgehead atoms. The number of benzene rings is 1. The summed E-state index contributed by atoms with van der Waals surface area (Å²) in [6, 6.07) is 5.37. The van der Waals surface area contributed by atoms with E-state index in [0.717, 1.165) is 30.4 Å². The Morgan fingerprint density at radius 2 is 2.13 bits per heavy atom. The lowest BCUT2D eigenvalue weighted by Crippen LogP contribution is -2.54. The van der Waals surface area contributed by atoms with Crippen molar-refractivity contribution >= 4 is 0 Å². The standard InChI is InChI=1S/C20H25FO2/c1-3-20-7-6-19(2)11-14(23)10-16(19)18(20)17(21)9-12-8-13(22)4-5-15(12)20/h3-5,8,14,16-18,22-23H,1,6-7,9-11H2,2H3/t14-,16+,17-,18-,19-,20-/m1/s1. The molecule has 0 saturated heterocycles. The van der Waals surface area contributed by atoms with Gasteiger partial charge in [-0.1, -0.05) is 19.1 Å². The van der Waals surface area contributed by atoms with Gasteiger partial charge in [0, 0.05) is 17.8 Å². The fraction of sp³-hybridized carbons (Fsp3) is 0.600. The first kappa shape index (κ1) is 15.2. The molecular formula is C20H25FO2. The van der Waals surface area contributed by atoms with E-state index in [-0.39, 0.29) is 34.5 Å².